The van der Waals surface area contributed by atoms with Gasteiger partial charge in [-0.3, -0.25) is 14.5 Å². The number of hydrogen-bond donors (Lipinski definition) is 1. The van der Waals surface area contributed by atoms with Gasteiger partial charge < -0.3 is 10.6 Å². The largest absolute Gasteiger partial charge is 0.368 e. The van der Waals surface area contributed by atoms with Gasteiger partial charge >= 0.3 is 0 Å². The van der Waals surface area contributed by atoms with Crippen molar-refractivity contribution in [3.63, 3.8) is 0 Å². The number of likely N-dealkylation sites (tertiary alicyclic amines) is 1. The molecule has 1 aromatic carbocycles. The molecule has 1 aromatic heterocycles. The summed E-state index contributed by atoms with van der Waals surface area (Å²) in [6, 6.07) is 7.72. The summed E-state index contributed by atoms with van der Waals surface area (Å²) in [6.07, 6.45) is 5.27. The van der Waals surface area contributed by atoms with Crippen molar-refractivity contribution in [3.05, 3.63) is 53.6 Å². The molecule has 2 amide bonds. The molecule has 1 spiro atoms. The summed E-state index contributed by atoms with van der Waals surface area (Å²) in [7, 11) is 0. The molecule has 1 unspecified atom stereocenters. The number of anilines is 1. The Morgan fingerprint density at radius 3 is 2.70 bits per heavy atom. The van der Waals surface area contributed by atoms with Gasteiger partial charge in [0, 0.05) is 43.2 Å². The van der Waals surface area contributed by atoms with E-state index < -0.39 is 11.3 Å². The third-order valence-electron chi connectivity index (χ3n) is 5.51. The molecule has 2 N–H and O–H groups in total. The summed E-state index contributed by atoms with van der Waals surface area (Å²) in [5, 5.41) is 0. The van der Waals surface area contributed by atoms with Crippen LogP contribution in [0.15, 0.2) is 36.7 Å². The Morgan fingerprint density at radius 2 is 2.00 bits per heavy atom. The zero-order valence-electron chi connectivity index (χ0n) is 15.4. The normalized spacial score (nSPS) is 21.8. The number of para-hydroxylation sites is 1. The molecule has 2 aliphatic rings. The molecular formula is C20H23N5O2. The number of primary amides is 1. The van der Waals surface area contributed by atoms with Crippen molar-refractivity contribution in [1.82, 2.24) is 14.9 Å². The Hall–Kier alpha value is -2.80. The fourth-order valence-corrected chi connectivity index (χ4v) is 4.23. The molecule has 0 aliphatic carbocycles. The van der Waals surface area contributed by atoms with Crippen LogP contribution in [-0.4, -0.2) is 46.3 Å². The number of carbonyl (C=O) groups is 2. The SMILES string of the molecule is CCc1ncc(CN2CCC3(C2)C(=O)N(CC(N)=O)c2ccccc23)cn1. The predicted molar refractivity (Wildman–Crippen MR) is 101 cm³/mol. The molecule has 2 aliphatic heterocycles. The van der Waals surface area contributed by atoms with Crippen molar-refractivity contribution in [2.24, 2.45) is 5.73 Å². The molecule has 140 valence electrons. The van der Waals surface area contributed by atoms with Gasteiger partial charge in [0.15, 0.2) is 0 Å². The summed E-state index contributed by atoms with van der Waals surface area (Å²) in [5.74, 6) is 0.305. The Morgan fingerprint density at radius 1 is 1.26 bits per heavy atom. The average Bonchev–Trinajstić information content (AvgIpc) is 3.19. The number of benzene rings is 1. The zero-order chi connectivity index (χ0) is 19.0. The standard InChI is InChI=1S/C20H23N5O2/c1-2-18-22-9-14(10-23-18)11-24-8-7-20(13-24)15-5-3-4-6-16(15)25(19(20)27)12-17(21)26/h3-6,9-10H,2,7-8,11-13H2,1H3,(H2,21,26). The highest BCUT2D eigenvalue weighted by atomic mass is 16.2. The lowest BCUT2D eigenvalue weighted by Gasteiger charge is -2.24. The first kappa shape index (κ1) is 17.6. The quantitative estimate of drug-likeness (QED) is 0.854. The van der Waals surface area contributed by atoms with Crippen LogP contribution in [0.3, 0.4) is 0 Å². The van der Waals surface area contributed by atoms with Crippen molar-refractivity contribution in [2.75, 3.05) is 24.5 Å². The van der Waals surface area contributed by atoms with Gasteiger partial charge in [-0.25, -0.2) is 9.97 Å². The van der Waals surface area contributed by atoms with Crippen molar-refractivity contribution in [1.29, 1.82) is 0 Å². The molecule has 1 atom stereocenters. The molecular weight excluding hydrogens is 342 g/mol. The first-order valence-electron chi connectivity index (χ1n) is 9.25. The van der Waals surface area contributed by atoms with E-state index in [1.54, 1.807) is 4.90 Å². The first-order valence-corrected chi connectivity index (χ1v) is 9.25. The van der Waals surface area contributed by atoms with Gasteiger partial charge in [0.25, 0.3) is 0 Å². The summed E-state index contributed by atoms with van der Waals surface area (Å²) in [6.45, 7) is 4.08. The van der Waals surface area contributed by atoms with Gasteiger partial charge in [-0.2, -0.15) is 0 Å². The molecule has 4 rings (SSSR count). The van der Waals surface area contributed by atoms with Crippen LogP contribution < -0.4 is 10.6 Å². The van der Waals surface area contributed by atoms with E-state index in [0.29, 0.717) is 13.1 Å². The number of amides is 2. The van der Waals surface area contributed by atoms with Crippen LogP contribution in [-0.2, 0) is 28.0 Å². The van der Waals surface area contributed by atoms with Crippen LogP contribution in [0.2, 0.25) is 0 Å². The zero-order valence-corrected chi connectivity index (χ0v) is 15.4. The minimum atomic E-state index is -0.601. The smallest absolute Gasteiger partial charge is 0.239 e. The van der Waals surface area contributed by atoms with E-state index in [-0.39, 0.29) is 12.5 Å². The monoisotopic (exact) mass is 365 g/mol. The van der Waals surface area contributed by atoms with E-state index in [2.05, 4.69) is 14.9 Å². The number of nitrogens with two attached hydrogens (primary N) is 1. The van der Waals surface area contributed by atoms with Crippen LogP contribution in [0.1, 0.15) is 30.3 Å². The van der Waals surface area contributed by atoms with Crippen LogP contribution in [0.25, 0.3) is 0 Å². The lowest BCUT2D eigenvalue weighted by molar-refractivity contribution is -0.125. The molecule has 7 heteroatoms. The molecule has 2 aromatic rings. The van der Waals surface area contributed by atoms with Crippen molar-refractivity contribution in [3.8, 4) is 0 Å². The highest BCUT2D eigenvalue weighted by molar-refractivity contribution is 6.11. The minimum absolute atomic E-state index is 0.0254. The molecule has 7 nitrogen and oxygen atoms in total. The lowest BCUT2D eigenvalue weighted by atomic mass is 9.81. The van der Waals surface area contributed by atoms with Crippen LogP contribution in [0.4, 0.5) is 5.69 Å². The Labute approximate surface area is 158 Å². The molecule has 27 heavy (non-hydrogen) atoms. The highest BCUT2D eigenvalue weighted by Gasteiger charge is 2.54. The van der Waals surface area contributed by atoms with E-state index in [9.17, 15) is 9.59 Å². The second kappa shape index (κ2) is 6.74. The molecule has 1 saturated heterocycles. The summed E-state index contributed by atoms with van der Waals surface area (Å²) in [5.41, 5.74) is 7.61. The minimum Gasteiger partial charge on any atom is -0.368 e. The number of fused-ring (bicyclic) bond motifs is 2. The number of nitrogens with zero attached hydrogens (tertiary/aromatic N) is 4. The van der Waals surface area contributed by atoms with Gasteiger partial charge in [0.05, 0.1) is 5.41 Å². The maximum Gasteiger partial charge on any atom is 0.239 e. The highest BCUT2D eigenvalue weighted by Crippen LogP contribution is 2.47. The molecule has 0 radical (unpaired) electrons. The molecule has 3 heterocycles. The molecule has 1 fully saturated rings. The summed E-state index contributed by atoms with van der Waals surface area (Å²) < 4.78 is 0. The number of carbonyl (C=O) groups excluding carboxylic acids is 2. The van der Waals surface area contributed by atoms with Crippen LogP contribution in [0.5, 0.6) is 0 Å². The van der Waals surface area contributed by atoms with E-state index in [4.69, 9.17) is 5.73 Å². The number of hydrogen-bond acceptors (Lipinski definition) is 5. The summed E-state index contributed by atoms with van der Waals surface area (Å²) in [4.78, 5) is 37.3. The third-order valence-corrected chi connectivity index (χ3v) is 5.51. The number of aromatic nitrogens is 2. The number of aryl methyl sites for hydroxylation is 1. The first-order chi connectivity index (χ1) is 13.0. The fraction of sp³-hybridized carbons (Fsp3) is 0.400. The molecule has 0 bridgehead atoms. The van der Waals surface area contributed by atoms with E-state index in [1.807, 2.05) is 43.6 Å². The third kappa shape index (κ3) is 2.98. The Kier molecular flexibility index (Phi) is 4.39. The van der Waals surface area contributed by atoms with Crippen molar-refractivity contribution < 1.29 is 9.59 Å². The van der Waals surface area contributed by atoms with Crippen molar-refractivity contribution in [2.45, 2.75) is 31.7 Å². The van der Waals surface area contributed by atoms with E-state index in [0.717, 1.165) is 42.0 Å². The molecule has 0 saturated carbocycles. The van der Waals surface area contributed by atoms with Crippen LogP contribution in [0, 0.1) is 0 Å². The Balaban J connectivity index is 1.58. The maximum atomic E-state index is 13.3. The van der Waals surface area contributed by atoms with Gasteiger partial charge in [-0.15, -0.1) is 0 Å². The average molecular weight is 365 g/mol. The second-order valence-electron chi connectivity index (χ2n) is 7.28. The van der Waals surface area contributed by atoms with E-state index >= 15 is 0 Å². The van der Waals surface area contributed by atoms with Crippen LogP contribution >= 0.6 is 0 Å². The summed E-state index contributed by atoms with van der Waals surface area (Å²) >= 11 is 0. The number of rotatable bonds is 5. The second-order valence-corrected chi connectivity index (χ2v) is 7.28. The van der Waals surface area contributed by atoms with Crippen molar-refractivity contribution >= 4 is 17.5 Å². The van der Waals surface area contributed by atoms with Gasteiger partial charge in [0.2, 0.25) is 11.8 Å². The van der Waals surface area contributed by atoms with Gasteiger partial charge in [-0.05, 0) is 24.6 Å². The topological polar surface area (TPSA) is 92.4 Å². The Bertz CT molecular complexity index is 882. The van der Waals surface area contributed by atoms with Gasteiger partial charge in [0.1, 0.15) is 12.4 Å². The predicted octanol–water partition coefficient (Wildman–Crippen LogP) is 1.01. The maximum absolute atomic E-state index is 13.3. The fourth-order valence-electron chi connectivity index (χ4n) is 4.23. The van der Waals surface area contributed by atoms with Gasteiger partial charge in [-0.1, -0.05) is 25.1 Å². The lowest BCUT2D eigenvalue weighted by Crippen LogP contribution is -2.45. The van der Waals surface area contributed by atoms with E-state index in [1.165, 1.54) is 0 Å².